The summed E-state index contributed by atoms with van der Waals surface area (Å²) < 4.78 is 10.0. The first-order valence-electron chi connectivity index (χ1n) is 6.48. The molecule has 1 aliphatic heterocycles. The molecular formula is C13H20N2O3S. The Hall–Kier alpha value is -1.14. The minimum atomic E-state index is -0.195. The van der Waals surface area contributed by atoms with E-state index in [1.54, 1.807) is 11.3 Å². The van der Waals surface area contributed by atoms with Crippen LogP contribution in [0.2, 0.25) is 0 Å². The van der Waals surface area contributed by atoms with Crippen molar-refractivity contribution in [1.82, 2.24) is 4.98 Å². The van der Waals surface area contributed by atoms with Gasteiger partial charge >= 0.3 is 5.97 Å². The van der Waals surface area contributed by atoms with Crippen LogP contribution in [-0.4, -0.2) is 36.8 Å². The molecule has 0 aromatic carbocycles. The number of esters is 1. The monoisotopic (exact) mass is 284 g/mol. The lowest BCUT2D eigenvalue weighted by atomic mass is 9.93. The molecule has 1 aromatic rings. The molecule has 0 unspecified atom stereocenters. The third-order valence-electron chi connectivity index (χ3n) is 3.37. The van der Waals surface area contributed by atoms with E-state index in [4.69, 9.17) is 4.74 Å². The fraction of sp³-hybridized carbons (Fsp3) is 0.692. The number of ether oxygens (including phenoxy) is 2. The molecule has 6 heteroatoms. The van der Waals surface area contributed by atoms with Gasteiger partial charge in [0.2, 0.25) is 0 Å². The average Bonchev–Trinajstić information content (AvgIpc) is 2.83. The van der Waals surface area contributed by atoms with E-state index in [1.807, 2.05) is 5.38 Å². The lowest BCUT2D eigenvalue weighted by Crippen LogP contribution is -2.40. The molecular weight excluding hydrogens is 264 g/mol. The first kappa shape index (κ1) is 14.3. The van der Waals surface area contributed by atoms with Crippen LogP contribution in [0.15, 0.2) is 5.38 Å². The predicted octanol–water partition coefficient (Wildman–Crippen LogP) is 2.23. The van der Waals surface area contributed by atoms with Gasteiger partial charge in [-0.15, -0.1) is 11.3 Å². The van der Waals surface area contributed by atoms with Crippen LogP contribution in [0.25, 0.3) is 0 Å². The number of carbonyl (C=O) groups excluding carboxylic acids is 1. The van der Waals surface area contributed by atoms with Gasteiger partial charge in [-0.1, -0.05) is 0 Å². The van der Waals surface area contributed by atoms with Crippen LogP contribution < -0.4 is 5.32 Å². The Balaban J connectivity index is 1.88. The molecule has 2 heterocycles. The second kappa shape index (κ2) is 6.34. The summed E-state index contributed by atoms with van der Waals surface area (Å²) in [7, 11) is 1.41. The van der Waals surface area contributed by atoms with Gasteiger partial charge in [-0.2, -0.15) is 0 Å². The highest BCUT2D eigenvalue weighted by atomic mass is 32.1. The summed E-state index contributed by atoms with van der Waals surface area (Å²) in [6.45, 7) is 3.79. The highest BCUT2D eigenvalue weighted by molar-refractivity contribution is 7.13. The summed E-state index contributed by atoms with van der Waals surface area (Å²) in [6, 6.07) is 0. The smallest absolute Gasteiger partial charge is 0.305 e. The SMILES string of the molecule is COC(=O)CCc1csc(NC2(C)CCOCC2)n1. The maximum absolute atomic E-state index is 11.1. The summed E-state index contributed by atoms with van der Waals surface area (Å²) in [5, 5.41) is 6.41. The number of carbonyl (C=O) groups is 1. The van der Waals surface area contributed by atoms with Gasteiger partial charge in [0, 0.05) is 30.6 Å². The predicted molar refractivity (Wildman–Crippen MR) is 74.5 cm³/mol. The largest absolute Gasteiger partial charge is 0.469 e. The first-order chi connectivity index (χ1) is 9.11. The van der Waals surface area contributed by atoms with Crippen LogP contribution in [0.1, 0.15) is 31.9 Å². The molecule has 1 saturated heterocycles. The highest BCUT2D eigenvalue weighted by Gasteiger charge is 2.27. The average molecular weight is 284 g/mol. The van der Waals surface area contributed by atoms with Gasteiger partial charge in [-0.05, 0) is 19.8 Å². The summed E-state index contributed by atoms with van der Waals surface area (Å²) in [5.41, 5.74) is 1.00. The van der Waals surface area contributed by atoms with Crippen LogP contribution in [0.3, 0.4) is 0 Å². The molecule has 19 heavy (non-hydrogen) atoms. The maximum atomic E-state index is 11.1. The lowest BCUT2D eigenvalue weighted by molar-refractivity contribution is -0.140. The van der Waals surface area contributed by atoms with Gasteiger partial charge in [-0.3, -0.25) is 4.79 Å². The van der Waals surface area contributed by atoms with Crippen molar-refractivity contribution in [2.75, 3.05) is 25.6 Å². The number of hydrogen-bond acceptors (Lipinski definition) is 6. The fourth-order valence-electron chi connectivity index (χ4n) is 2.02. The van der Waals surface area contributed by atoms with E-state index in [9.17, 15) is 4.79 Å². The second-order valence-corrected chi connectivity index (χ2v) is 5.88. The zero-order valence-electron chi connectivity index (χ0n) is 11.4. The second-order valence-electron chi connectivity index (χ2n) is 5.02. The van der Waals surface area contributed by atoms with Crippen molar-refractivity contribution in [3.05, 3.63) is 11.1 Å². The van der Waals surface area contributed by atoms with Gasteiger partial charge in [0.15, 0.2) is 5.13 Å². The normalized spacial score (nSPS) is 18.0. The van der Waals surface area contributed by atoms with Crippen LogP contribution in [0, 0.1) is 0 Å². The summed E-state index contributed by atoms with van der Waals surface area (Å²) in [5.74, 6) is -0.195. The molecule has 0 saturated carbocycles. The van der Waals surface area contributed by atoms with Gasteiger partial charge in [0.1, 0.15) is 0 Å². The van der Waals surface area contributed by atoms with Gasteiger partial charge < -0.3 is 14.8 Å². The van der Waals surface area contributed by atoms with Crippen molar-refractivity contribution in [3.63, 3.8) is 0 Å². The number of rotatable bonds is 5. The third-order valence-corrected chi connectivity index (χ3v) is 4.18. The van der Waals surface area contributed by atoms with Crippen molar-refractivity contribution in [2.45, 2.75) is 38.1 Å². The van der Waals surface area contributed by atoms with Crippen molar-refractivity contribution in [3.8, 4) is 0 Å². The number of thiazole rings is 1. The molecule has 0 atom stereocenters. The van der Waals surface area contributed by atoms with E-state index in [1.165, 1.54) is 7.11 Å². The standard InChI is InChI=1S/C13H20N2O3S/c1-13(5-7-18-8-6-13)15-12-14-10(9-19-12)3-4-11(16)17-2/h9H,3-8H2,1-2H3,(H,14,15). The van der Waals surface area contributed by atoms with Crippen molar-refractivity contribution < 1.29 is 14.3 Å². The molecule has 0 amide bonds. The number of methoxy groups -OCH3 is 1. The van der Waals surface area contributed by atoms with Crippen LogP contribution in [0.5, 0.6) is 0 Å². The lowest BCUT2D eigenvalue weighted by Gasteiger charge is -2.34. The van der Waals surface area contributed by atoms with Crippen LogP contribution >= 0.6 is 11.3 Å². The van der Waals surface area contributed by atoms with Crippen LogP contribution in [-0.2, 0) is 20.7 Å². The van der Waals surface area contributed by atoms with E-state index in [0.29, 0.717) is 12.8 Å². The molecule has 106 valence electrons. The molecule has 1 fully saturated rings. The topological polar surface area (TPSA) is 60.5 Å². The quantitative estimate of drug-likeness (QED) is 0.840. The Bertz CT molecular complexity index is 427. The Labute approximate surface area is 117 Å². The number of aromatic nitrogens is 1. The van der Waals surface area contributed by atoms with E-state index in [0.717, 1.165) is 36.9 Å². The molecule has 5 nitrogen and oxygen atoms in total. The first-order valence-corrected chi connectivity index (χ1v) is 7.36. The minimum absolute atomic E-state index is 0.0652. The zero-order chi connectivity index (χ0) is 13.7. The molecule has 0 radical (unpaired) electrons. The summed E-state index contributed by atoms with van der Waals surface area (Å²) in [4.78, 5) is 15.6. The van der Waals surface area contributed by atoms with Crippen LogP contribution in [0.4, 0.5) is 5.13 Å². The Morgan fingerprint density at radius 3 is 3.00 bits per heavy atom. The molecule has 1 aliphatic rings. The summed E-state index contributed by atoms with van der Waals surface area (Å²) in [6.07, 6.45) is 2.99. The minimum Gasteiger partial charge on any atom is -0.469 e. The van der Waals surface area contributed by atoms with Crippen molar-refractivity contribution in [1.29, 1.82) is 0 Å². The van der Waals surface area contributed by atoms with Gasteiger partial charge in [-0.25, -0.2) is 4.98 Å². The number of hydrogen-bond donors (Lipinski definition) is 1. The molecule has 0 bridgehead atoms. The number of aryl methyl sites for hydroxylation is 1. The molecule has 0 spiro atoms. The van der Waals surface area contributed by atoms with Gasteiger partial charge in [0.25, 0.3) is 0 Å². The zero-order valence-corrected chi connectivity index (χ0v) is 12.2. The summed E-state index contributed by atoms with van der Waals surface area (Å²) >= 11 is 1.59. The van der Waals surface area contributed by atoms with E-state index >= 15 is 0 Å². The molecule has 1 aromatic heterocycles. The van der Waals surface area contributed by atoms with E-state index in [2.05, 4.69) is 22.0 Å². The fourth-order valence-corrected chi connectivity index (χ4v) is 2.91. The molecule has 0 aliphatic carbocycles. The van der Waals surface area contributed by atoms with E-state index < -0.39 is 0 Å². The van der Waals surface area contributed by atoms with E-state index in [-0.39, 0.29) is 11.5 Å². The van der Waals surface area contributed by atoms with Crippen molar-refractivity contribution in [2.24, 2.45) is 0 Å². The third kappa shape index (κ3) is 4.18. The molecule has 2 rings (SSSR count). The Morgan fingerprint density at radius 1 is 1.58 bits per heavy atom. The van der Waals surface area contributed by atoms with Crippen molar-refractivity contribution >= 4 is 22.4 Å². The Morgan fingerprint density at radius 2 is 2.32 bits per heavy atom. The number of nitrogens with one attached hydrogen (secondary N) is 1. The maximum Gasteiger partial charge on any atom is 0.305 e. The van der Waals surface area contributed by atoms with Gasteiger partial charge in [0.05, 0.1) is 19.2 Å². The number of anilines is 1. The highest BCUT2D eigenvalue weighted by Crippen LogP contribution is 2.27. The number of nitrogens with zero attached hydrogens (tertiary/aromatic N) is 1. The Kier molecular flexibility index (Phi) is 4.76. The molecule has 1 N–H and O–H groups in total.